The second-order valence-corrected chi connectivity index (χ2v) is 19.2. The number of esters is 1. The van der Waals surface area contributed by atoms with Crippen LogP contribution in [0, 0.1) is 64.1 Å². The van der Waals surface area contributed by atoms with Gasteiger partial charge in [0.2, 0.25) is 0 Å². The lowest BCUT2D eigenvalue weighted by Gasteiger charge is -2.58. The molecule has 3 saturated carbocycles. The number of hydrogen-bond donors (Lipinski definition) is 0. The Morgan fingerprint density at radius 2 is 1.67 bits per heavy atom. The van der Waals surface area contributed by atoms with Crippen molar-refractivity contribution >= 4 is 5.97 Å². The van der Waals surface area contributed by atoms with E-state index in [4.69, 9.17) is 9.47 Å². The summed E-state index contributed by atoms with van der Waals surface area (Å²) in [6.07, 6.45) is 19.9. The summed E-state index contributed by atoms with van der Waals surface area (Å²) in [7, 11) is 0. The van der Waals surface area contributed by atoms with Crippen LogP contribution in [0.5, 0.6) is 5.75 Å². The zero-order valence-electron chi connectivity index (χ0n) is 36.5. The number of aromatic nitrogens is 2. The van der Waals surface area contributed by atoms with Crippen molar-refractivity contribution in [3.8, 4) is 17.6 Å². The molecule has 4 aliphatic rings. The molecule has 7 heteroatoms. The summed E-state index contributed by atoms with van der Waals surface area (Å²) in [6, 6.07) is 7.49. The largest absolute Gasteiger partial charge is 0.494 e. The highest BCUT2D eigenvalue weighted by molar-refractivity contribution is 5.69. The van der Waals surface area contributed by atoms with Crippen LogP contribution in [0.1, 0.15) is 156 Å². The molecule has 3 fully saturated rings. The van der Waals surface area contributed by atoms with Gasteiger partial charge in [-0.1, -0.05) is 77.9 Å². The third-order valence-corrected chi connectivity index (χ3v) is 15.7. The van der Waals surface area contributed by atoms with Gasteiger partial charge in [-0.15, -0.1) is 0 Å². The number of rotatable bonds is 15. The molecule has 2 aromatic rings. The van der Waals surface area contributed by atoms with E-state index in [1.165, 1.54) is 54.1 Å². The van der Waals surface area contributed by atoms with E-state index in [1.54, 1.807) is 18.7 Å². The van der Waals surface area contributed by atoms with Crippen LogP contribution in [0.3, 0.4) is 0 Å². The Labute approximate surface area is 343 Å². The minimum atomic E-state index is -0.361. The standard InChI is InChI=1S/C50H72N2O5/c1-9-51-33-38(47(54)52(10-2)48(51)55)20-17-37-18-22-40(23-19-37)56-31-13-11-12-14-46(53)57-41-27-29-49(7)39(32-41)21-24-42-44-26-25-43(50(44,8)30-28-45(42)49)36(6)16-15-35(5)34(3)4/h18-19,21-23,33-36,41-45H,9-16,24-32H2,1-8H3/t35-,36-,41?,42+,43-,44+,45+,49+,50-/m1/s1. The van der Waals surface area contributed by atoms with Crippen molar-refractivity contribution in [2.75, 3.05) is 6.61 Å². The summed E-state index contributed by atoms with van der Waals surface area (Å²) >= 11 is 0. The molecule has 0 saturated heterocycles. The normalized spacial score (nSPS) is 28.9. The van der Waals surface area contributed by atoms with E-state index in [1.807, 2.05) is 31.2 Å². The highest BCUT2D eigenvalue weighted by Gasteiger charge is 2.59. The van der Waals surface area contributed by atoms with E-state index in [-0.39, 0.29) is 28.7 Å². The quantitative estimate of drug-likeness (QED) is 0.0778. The van der Waals surface area contributed by atoms with E-state index < -0.39 is 0 Å². The van der Waals surface area contributed by atoms with Crippen LogP contribution < -0.4 is 16.0 Å². The van der Waals surface area contributed by atoms with Crippen molar-refractivity contribution in [2.45, 2.75) is 164 Å². The molecule has 7 nitrogen and oxygen atoms in total. The molecule has 1 unspecified atom stereocenters. The van der Waals surface area contributed by atoms with Gasteiger partial charge in [0.1, 0.15) is 17.4 Å². The van der Waals surface area contributed by atoms with Crippen LogP contribution in [0.2, 0.25) is 0 Å². The third-order valence-electron chi connectivity index (χ3n) is 15.7. The molecule has 1 aromatic heterocycles. The Bertz CT molecular complexity index is 1910. The van der Waals surface area contributed by atoms with Gasteiger partial charge in [0.15, 0.2) is 0 Å². The lowest BCUT2D eigenvalue weighted by atomic mass is 9.47. The molecule has 1 heterocycles. The van der Waals surface area contributed by atoms with Crippen molar-refractivity contribution in [1.82, 2.24) is 9.13 Å². The van der Waals surface area contributed by atoms with Crippen LogP contribution in [0.4, 0.5) is 0 Å². The lowest BCUT2D eigenvalue weighted by Crippen LogP contribution is -2.51. The Balaban J connectivity index is 0.910. The molecule has 1 aromatic carbocycles. The molecule has 0 N–H and O–H groups in total. The number of allylic oxidation sites excluding steroid dienone is 1. The maximum atomic E-state index is 13.0. The van der Waals surface area contributed by atoms with Gasteiger partial charge in [-0.3, -0.25) is 18.7 Å². The summed E-state index contributed by atoms with van der Waals surface area (Å²) in [4.78, 5) is 38.0. The van der Waals surface area contributed by atoms with Crippen molar-refractivity contribution < 1.29 is 14.3 Å². The fourth-order valence-electron chi connectivity index (χ4n) is 11.8. The molecule has 4 aliphatic carbocycles. The van der Waals surface area contributed by atoms with Gasteiger partial charge in [-0.05, 0) is 155 Å². The topological polar surface area (TPSA) is 79.5 Å². The molecule has 0 bridgehead atoms. The average molecular weight is 781 g/mol. The van der Waals surface area contributed by atoms with Crippen LogP contribution in [0.25, 0.3) is 0 Å². The smallest absolute Gasteiger partial charge is 0.331 e. The zero-order chi connectivity index (χ0) is 40.9. The molecule has 57 heavy (non-hydrogen) atoms. The van der Waals surface area contributed by atoms with Crippen molar-refractivity contribution in [2.24, 2.45) is 52.3 Å². The number of carbonyl (C=O) groups excluding carboxylic acids is 1. The van der Waals surface area contributed by atoms with E-state index in [0.717, 1.165) is 91.3 Å². The fraction of sp³-hybridized carbons (Fsp3) is 0.700. The number of unbranched alkanes of at least 4 members (excludes halogenated alkanes) is 2. The summed E-state index contributed by atoms with van der Waals surface area (Å²) in [6.45, 7) is 20.0. The first-order chi connectivity index (χ1) is 27.3. The van der Waals surface area contributed by atoms with Gasteiger partial charge < -0.3 is 9.47 Å². The molecule has 0 amide bonds. The third kappa shape index (κ3) is 9.36. The Kier molecular flexibility index (Phi) is 14.0. The highest BCUT2D eigenvalue weighted by Crippen LogP contribution is 2.67. The molecular weight excluding hydrogens is 709 g/mol. The van der Waals surface area contributed by atoms with Gasteiger partial charge in [0.25, 0.3) is 5.56 Å². The average Bonchev–Trinajstić information content (AvgIpc) is 3.56. The number of hydrogen-bond acceptors (Lipinski definition) is 5. The number of carbonyl (C=O) groups is 1. The van der Waals surface area contributed by atoms with Gasteiger partial charge >= 0.3 is 11.7 Å². The first-order valence-electron chi connectivity index (χ1n) is 22.8. The van der Waals surface area contributed by atoms with E-state index in [2.05, 4.69) is 59.5 Å². The number of benzene rings is 1. The zero-order valence-corrected chi connectivity index (χ0v) is 36.5. The predicted molar refractivity (Wildman–Crippen MR) is 230 cm³/mol. The summed E-state index contributed by atoms with van der Waals surface area (Å²) in [5.41, 5.74) is 2.74. The minimum Gasteiger partial charge on any atom is -0.494 e. The van der Waals surface area contributed by atoms with Crippen molar-refractivity contribution in [1.29, 1.82) is 0 Å². The number of ether oxygens (including phenoxy) is 2. The number of nitrogens with zero attached hydrogens (tertiary/aromatic N) is 2. The number of fused-ring (bicyclic) bond motifs is 5. The first kappa shape index (κ1) is 43.1. The number of aryl methyl sites for hydroxylation is 1. The molecule has 9 atom stereocenters. The monoisotopic (exact) mass is 781 g/mol. The Morgan fingerprint density at radius 1 is 0.895 bits per heavy atom. The maximum Gasteiger partial charge on any atom is 0.331 e. The van der Waals surface area contributed by atoms with Gasteiger partial charge in [-0.2, -0.15) is 0 Å². The predicted octanol–water partition coefficient (Wildman–Crippen LogP) is 10.6. The minimum absolute atomic E-state index is 0.0179. The Morgan fingerprint density at radius 3 is 2.39 bits per heavy atom. The molecule has 6 rings (SSSR count). The fourth-order valence-corrected chi connectivity index (χ4v) is 11.8. The summed E-state index contributed by atoms with van der Waals surface area (Å²) in [5.74, 6) is 12.5. The molecule has 312 valence electrons. The van der Waals surface area contributed by atoms with Gasteiger partial charge in [0, 0.05) is 37.7 Å². The molecule has 0 spiro atoms. The lowest BCUT2D eigenvalue weighted by molar-refractivity contribution is -0.151. The molecule has 0 radical (unpaired) electrons. The maximum absolute atomic E-state index is 13.0. The second kappa shape index (κ2) is 18.6. The van der Waals surface area contributed by atoms with Crippen LogP contribution in [-0.2, 0) is 22.6 Å². The SMILES string of the molecule is CCn1cc(C#Cc2ccc(OCCCCCC(=O)OC3CC[C@@]4(C)C(=CC[C@H]5[C@@H]6CC[C@H]([C@H](C)CC[C@@H](C)C(C)C)[C@@]6(C)CC[C@@H]54)C3)cc2)c(=O)n(CC)c1=O. The van der Waals surface area contributed by atoms with Crippen LogP contribution >= 0.6 is 0 Å². The van der Waals surface area contributed by atoms with Gasteiger partial charge in [-0.25, -0.2) is 4.79 Å². The van der Waals surface area contributed by atoms with E-state index in [9.17, 15) is 14.4 Å². The summed E-state index contributed by atoms with van der Waals surface area (Å²) in [5, 5.41) is 0. The first-order valence-corrected chi connectivity index (χ1v) is 22.8. The molecule has 0 aliphatic heterocycles. The van der Waals surface area contributed by atoms with Crippen LogP contribution in [0.15, 0.2) is 51.7 Å². The van der Waals surface area contributed by atoms with E-state index in [0.29, 0.717) is 37.1 Å². The van der Waals surface area contributed by atoms with E-state index >= 15 is 0 Å². The highest BCUT2D eigenvalue weighted by atomic mass is 16.5. The van der Waals surface area contributed by atoms with Crippen molar-refractivity contribution in [3.63, 3.8) is 0 Å². The summed E-state index contributed by atoms with van der Waals surface area (Å²) < 4.78 is 14.8. The van der Waals surface area contributed by atoms with Crippen molar-refractivity contribution in [3.05, 3.63) is 74.1 Å². The van der Waals surface area contributed by atoms with Crippen LogP contribution in [-0.4, -0.2) is 27.8 Å². The van der Waals surface area contributed by atoms with Gasteiger partial charge in [0.05, 0.1) is 6.61 Å². The molecular formula is C50H72N2O5. The second-order valence-electron chi connectivity index (χ2n) is 19.2. The Hall–Kier alpha value is -3.53.